The van der Waals surface area contributed by atoms with E-state index in [1.165, 1.54) is 0 Å². The second kappa shape index (κ2) is 6.14. The zero-order valence-electron chi connectivity index (χ0n) is 9.80. The van der Waals surface area contributed by atoms with Gasteiger partial charge in [0.25, 0.3) is 0 Å². The molecule has 0 aliphatic heterocycles. The summed E-state index contributed by atoms with van der Waals surface area (Å²) >= 11 is 0. The number of sulfone groups is 1. The number of rotatable bonds is 7. The summed E-state index contributed by atoms with van der Waals surface area (Å²) in [6.45, 7) is 1.69. The van der Waals surface area contributed by atoms with Crippen LogP contribution in [0.5, 0.6) is 0 Å². The first-order valence-corrected chi connectivity index (χ1v) is 7.07. The number of nitrogens with two attached hydrogens (primary N) is 1. The summed E-state index contributed by atoms with van der Waals surface area (Å²) in [5.41, 5.74) is 5.30. The van der Waals surface area contributed by atoms with Crippen molar-refractivity contribution >= 4 is 9.84 Å². The van der Waals surface area contributed by atoms with E-state index in [1.54, 1.807) is 6.92 Å². The molecule has 0 aromatic rings. The van der Waals surface area contributed by atoms with Gasteiger partial charge in [0, 0.05) is 6.42 Å². The monoisotopic (exact) mass is 297 g/mol. The molecule has 1 atom stereocenters. The van der Waals surface area contributed by atoms with Gasteiger partial charge in [-0.15, -0.1) is 0 Å². The van der Waals surface area contributed by atoms with Crippen LogP contribution in [0.1, 0.15) is 32.6 Å². The van der Waals surface area contributed by atoms with Crippen molar-refractivity contribution in [3.8, 4) is 0 Å². The second-order valence-corrected chi connectivity index (χ2v) is 6.34. The van der Waals surface area contributed by atoms with E-state index in [4.69, 9.17) is 5.73 Å². The van der Waals surface area contributed by atoms with Gasteiger partial charge in [-0.05, 0) is 12.8 Å². The summed E-state index contributed by atoms with van der Waals surface area (Å²) in [6, 6.07) is 0. The highest BCUT2D eigenvalue weighted by atomic mass is 32.2. The van der Waals surface area contributed by atoms with Crippen LogP contribution in [-0.4, -0.2) is 31.6 Å². The molecule has 0 bridgehead atoms. The topological polar surface area (TPSA) is 60.2 Å². The van der Waals surface area contributed by atoms with E-state index >= 15 is 0 Å². The maximum absolute atomic E-state index is 12.5. The minimum Gasteiger partial charge on any atom is -0.315 e. The summed E-state index contributed by atoms with van der Waals surface area (Å²) in [5, 5.41) is -1.21. The van der Waals surface area contributed by atoms with E-state index in [0.29, 0.717) is 6.42 Å². The average molecular weight is 297 g/mol. The molecule has 0 heterocycles. The van der Waals surface area contributed by atoms with Crippen LogP contribution in [0.15, 0.2) is 0 Å². The minimum atomic E-state index is -5.65. The van der Waals surface area contributed by atoms with Gasteiger partial charge in [-0.25, -0.2) is 8.42 Å². The van der Waals surface area contributed by atoms with Crippen molar-refractivity contribution in [3.63, 3.8) is 0 Å². The first-order valence-electron chi connectivity index (χ1n) is 5.35. The average Bonchev–Trinajstić information content (AvgIpc) is 2.15. The molecule has 2 N–H and O–H groups in total. The molecule has 0 fully saturated rings. The maximum atomic E-state index is 12.5. The van der Waals surface area contributed by atoms with E-state index in [-0.39, 0.29) is 6.42 Å². The molecule has 110 valence electrons. The standard InChI is InChI=1S/C9H16F5NO2S/c1-2-4-7(15)18(16,17)6-3-5-8(10,11)9(12,13)14/h7H,2-6,15H2,1H3. The van der Waals surface area contributed by atoms with Gasteiger partial charge in [0.1, 0.15) is 5.37 Å². The molecule has 1 unspecified atom stereocenters. The highest BCUT2D eigenvalue weighted by Gasteiger charge is 2.56. The first-order chi connectivity index (χ1) is 7.94. The molecule has 9 heteroatoms. The Kier molecular flexibility index (Phi) is 5.99. The first kappa shape index (κ1) is 17.6. The van der Waals surface area contributed by atoms with Crippen LogP contribution in [0.4, 0.5) is 22.0 Å². The fourth-order valence-corrected chi connectivity index (χ4v) is 2.70. The van der Waals surface area contributed by atoms with E-state index in [0.717, 1.165) is 0 Å². The summed E-state index contributed by atoms with van der Waals surface area (Å²) in [6.07, 6.45) is -7.33. The van der Waals surface area contributed by atoms with Gasteiger partial charge in [-0.3, -0.25) is 0 Å². The molecule has 3 nitrogen and oxygen atoms in total. The van der Waals surface area contributed by atoms with Gasteiger partial charge in [-0.2, -0.15) is 22.0 Å². The van der Waals surface area contributed by atoms with Crippen LogP contribution in [0, 0.1) is 0 Å². The predicted molar refractivity (Wildman–Crippen MR) is 56.9 cm³/mol. The number of alkyl halides is 5. The molecular weight excluding hydrogens is 281 g/mol. The molecule has 0 aliphatic carbocycles. The molecule has 0 aromatic carbocycles. The van der Waals surface area contributed by atoms with Gasteiger partial charge in [0.2, 0.25) is 0 Å². The van der Waals surface area contributed by atoms with Gasteiger partial charge in [0.15, 0.2) is 9.84 Å². The summed E-state index contributed by atoms with van der Waals surface area (Å²) in [5.74, 6) is -5.63. The summed E-state index contributed by atoms with van der Waals surface area (Å²) < 4.78 is 83.2. The molecule has 0 saturated heterocycles. The molecule has 0 aromatic heterocycles. The second-order valence-electron chi connectivity index (χ2n) is 4.00. The molecule has 0 radical (unpaired) electrons. The molecule has 0 rings (SSSR count). The van der Waals surface area contributed by atoms with Crippen molar-refractivity contribution < 1.29 is 30.4 Å². The SMILES string of the molecule is CCCC(N)S(=O)(=O)CCCC(F)(F)C(F)(F)F. The Labute approximate surface area is 102 Å². The lowest BCUT2D eigenvalue weighted by Crippen LogP contribution is -2.37. The lowest BCUT2D eigenvalue weighted by atomic mass is 10.2. The highest BCUT2D eigenvalue weighted by Crippen LogP contribution is 2.38. The van der Waals surface area contributed by atoms with Gasteiger partial charge >= 0.3 is 12.1 Å². The van der Waals surface area contributed by atoms with Crippen molar-refractivity contribution in [2.45, 2.75) is 50.1 Å². The minimum absolute atomic E-state index is 0.151. The molecule has 0 aliphatic rings. The van der Waals surface area contributed by atoms with Crippen LogP contribution >= 0.6 is 0 Å². The fourth-order valence-electron chi connectivity index (χ4n) is 1.25. The van der Waals surface area contributed by atoms with E-state index < -0.39 is 45.9 Å². The Morgan fingerprint density at radius 1 is 1.17 bits per heavy atom. The lowest BCUT2D eigenvalue weighted by Gasteiger charge is -2.19. The largest absolute Gasteiger partial charge is 0.453 e. The Hall–Kier alpha value is -0.440. The normalized spacial score (nSPS) is 15.7. The van der Waals surface area contributed by atoms with E-state index in [1.807, 2.05) is 0 Å². The molecule has 0 spiro atoms. The fraction of sp³-hybridized carbons (Fsp3) is 1.00. The van der Waals surface area contributed by atoms with Crippen molar-refractivity contribution in [2.24, 2.45) is 5.73 Å². The van der Waals surface area contributed by atoms with Crippen molar-refractivity contribution in [1.82, 2.24) is 0 Å². The number of halogens is 5. The third kappa shape index (κ3) is 5.05. The molecule has 0 saturated carbocycles. The summed E-state index contributed by atoms with van der Waals surface area (Å²) in [7, 11) is -3.81. The lowest BCUT2D eigenvalue weighted by molar-refractivity contribution is -0.284. The van der Waals surface area contributed by atoms with Crippen LogP contribution in [0.2, 0.25) is 0 Å². The van der Waals surface area contributed by atoms with Gasteiger partial charge in [0.05, 0.1) is 5.75 Å². The molecular formula is C9H16F5NO2S. The van der Waals surface area contributed by atoms with Crippen molar-refractivity contribution in [1.29, 1.82) is 0 Å². The Bertz CT molecular complexity index is 352. The third-order valence-corrected chi connectivity index (χ3v) is 4.38. The zero-order valence-corrected chi connectivity index (χ0v) is 10.6. The predicted octanol–water partition coefficient (Wildman–Crippen LogP) is 2.46. The number of hydrogen-bond donors (Lipinski definition) is 1. The van der Waals surface area contributed by atoms with Gasteiger partial charge in [-0.1, -0.05) is 13.3 Å². The summed E-state index contributed by atoms with van der Waals surface area (Å²) in [4.78, 5) is 0. The van der Waals surface area contributed by atoms with Crippen LogP contribution in [-0.2, 0) is 9.84 Å². The van der Waals surface area contributed by atoms with Crippen molar-refractivity contribution in [3.05, 3.63) is 0 Å². The van der Waals surface area contributed by atoms with Crippen LogP contribution in [0.25, 0.3) is 0 Å². The van der Waals surface area contributed by atoms with E-state index in [2.05, 4.69) is 0 Å². The van der Waals surface area contributed by atoms with Crippen molar-refractivity contribution in [2.75, 3.05) is 5.75 Å². The van der Waals surface area contributed by atoms with Crippen LogP contribution < -0.4 is 5.73 Å². The molecule has 18 heavy (non-hydrogen) atoms. The molecule has 0 amide bonds. The quantitative estimate of drug-likeness (QED) is 0.734. The number of hydrogen-bond acceptors (Lipinski definition) is 3. The van der Waals surface area contributed by atoms with Gasteiger partial charge < -0.3 is 5.73 Å². The Balaban J connectivity index is 4.36. The highest BCUT2D eigenvalue weighted by molar-refractivity contribution is 7.91. The third-order valence-electron chi connectivity index (χ3n) is 2.37. The zero-order chi connectivity index (χ0) is 14.6. The van der Waals surface area contributed by atoms with E-state index in [9.17, 15) is 30.4 Å². The maximum Gasteiger partial charge on any atom is 0.453 e. The van der Waals surface area contributed by atoms with Crippen LogP contribution in [0.3, 0.4) is 0 Å². The Morgan fingerprint density at radius 2 is 1.67 bits per heavy atom. The smallest absolute Gasteiger partial charge is 0.315 e. The Morgan fingerprint density at radius 3 is 2.06 bits per heavy atom.